The summed E-state index contributed by atoms with van der Waals surface area (Å²) in [5, 5.41) is 43.8. The molecule has 0 saturated carbocycles. The lowest BCUT2D eigenvalue weighted by Gasteiger charge is -2.31. The van der Waals surface area contributed by atoms with E-state index < -0.39 is 31.0 Å². The van der Waals surface area contributed by atoms with Crippen molar-refractivity contribution >= 4 is 6.08 Å². The second kappa shape index (κ2) is 11.6. The third-order valence-corrected chi connectivity index (χ3v) is 5.22. The monoisotopic (exact) mass is 419 g/mol. The molecule has 0 aliphatic carbocycles. The molecule has 0 aliphatic rings. The third-order valence-electron chi connectivity index (χ3n) is 5.22. The van der Waals surface area contributed by atoms with Gasteiger partial charge in [0.05, 0.1) is 18.7 Å². The maximum Gasteiger partial charge on any atom is 0.110 e. The summed E-state index contributed by atoms with van der Waals surface area (Å²) in [6, 6.07) is 28.3. The molecule has 31 heavy (non-hydrogen) atoms. The Morgan fingerprint density at radius 3 is 1.65 bits per heavy atom. The number of hydrogen-bond acceptors (Lipinski definition) is 5. The van der Waals surface area contributed by atoms with E-state index in [9.17, 15) is 20.4 Å². The number of nitrogens with one attached hydrogen (secondary N) is 1. The first-order valence-electron chi connectivity index (χ1n) is 10.3. The minimum absolute atomic E-state index is 0.263. The van der Waals surface area contributed by atoms with Gasteiger partial charge >= 0.3 is 0 Å². The fraction of sp³-hybridized carbons (Fsp3) is 0.231. The molecular formula is C26H29NO4. The molecule has 4 atom stereocenters. The molecule has 0 unspecified atom stereocenters. The van der Waals surface area contributed by atoms with Crippen molar-refractivity contribution in [2.75, 3.05) is 6.61 Å². The largest absolute Gasteiger partial charge is 0.394 e. The van der Waals surface area contributed by atoms with E-state index in [0.29, 0.717) is 0 Å². The molecule has 0 radical (unpaired) electrons. The van der Waals surface area contributed by atoms with Crippen LogP contribution < -0.4 is 5.32 Å². The van der Waals surface area contributed by atoms with Crippen LogP contribution in [0.5, 0.6) is 0 Å². The van der Waals surface area contributed by atoms with Crippen molar-refractivity contribution in [2.24, 2.45) is 0 Å². The maximum atomic E-state index is 10.9. The highest BCUT2D eigenvalue weighted by Gasteiger charge is 2.31. The van der Waals surface area contributed by atoms with Crippen molar-refractivity contribution in [3.05, 3.63) is 114 Å². The molecular weight excluding hydrogens is 390 g/mol. The molecule has 5 nitrogen and oxygen atoms in total. The molecule has 0 saturated heterocycles. The van der Waals surface area contributed by atoms with E-state index in [-0.39, 0.29) is 6.04 Å². The van der Waals surface area contributed by atoms with Crippen LogP contribution in [0.4, 0.5) is 0 Å². The van der Waals surface area contributed by atoms with Crippen LogP contribution in [-0.4, -0.2) is 51.4 Å². The van der Waals surface area contributed by atoms with Gasteiger partial charge in [-0.25, -0.2) is 0 Å². The first-order chi connectivity index (χ1) is 15.1. The van der Waals surface area contributed by atoms with Gasteiger partial charge < -0.3 is 20.4 Å². The summed E-state index contributed by atoms with van der Waals surface area (Å²) >= 11 is 0. The minimum atomic E-state index is -1.52. The molecule has 0 aliphatic heterocycles. The lowest BCUT2D eigenvalue weighted by Crippen LogP contribution is -2.51. The van der Waals surface area contributed by atoms with Gasteiger partial charge in [0.25, 0.3) is 0 Å². The Hall–Kier alpha value is -2.80. The van der Waals surface area contributed by atoms with E-state index in [2.05, 4.69) is 5.32 Å². The fourth-order valence-electron chi connectivity index (χ4n) is 3.46. The quantitative estimate of drug-likeness (QED) is 0.348. The van der Waals surface area contributed by atoms with Crippen LogP contribution in [-0.2, 0) is 0 Å². The molecule has 3 aromatic carbocycles. The molecule has 162 valence electrons. The van der Waals surface area contributed by atoms with Gasteiger partial charge in [-0.15, -0.1) is 0 Å². The lowest BCUT2D eigenvalue weighted by atomic mass is 9.94. The molecule has 0 amide bonds. The van der Waals surface area contributed by atoms with E-state index in [1.54, 1.807) is 6.08 Å². The van der Waals surface area contributed by atoms with Gasteiger partial charge in [0.1, 0.15) is 18.3 Å². The average molecular weight is 420 g/mol. The number of rotatable bonds is 10. The first kappa shape index (κ1) is 22.9. The Kier molecular flexibility index (Phi) is 8.53. The van der Waals surface area contributed by atoms with Crippen LogP contribution in [0.15, 0.2) is 97.1 Å². The highest BCUT2D eigenvalue weighted by atomic mass is 16.4. The van der Waals surface area contributed by atoms with Gasteiger partial charge in [0.2, 0.25) is 0 Å². The smallest absolute Gasteiger partial charge is 0.110 e. The number of hydrogen-bond donors (Lipinski definition) is 5. The standard InChI is InChI=1S/C26H29NO4/c28-18-23(29)26(31)25(30)22(17-16-19-10-4-1-5-11-19)27-24(20-12-6-2-7-13-20)21-14-8-3-9-15-21/h1-17,22-31H,18H2/b17-16+/t22-,23-,25-,26-/m1/s1. The normalized spacial score (nSPS) is 15.6. The average Bonchev–Trinajstić information content (AvgIpc) is 2.84. The van der Waals surface area contributed by atoms with Crippen molar-refractivity contribution < 1.29 is 20.4 Å². The third kappa shape index (κ3) is 6.34. The predicted molar refractivity (Wildman–Crippen MR) is 122 cm³/mol. The van der Waals surface area contributed by atoms with Crippen LogP contribution in [0.3, 0.4) is 0 Å². The second-order valence-corrected chi connectivity index (χ2v) is 7.45. The Morgan fingerprint density at radius 1 is 0.677 bits per heavy atom. The van der Waals surface area contributed by atoms with Crippen molar-refractivity contribution in [3.8, 4) is 0 Å². The van der Waals surface area contributed by atoms with Gasteiger partial charge in [-0.3, -0.25) is 5.32 Å². The molecule has 5 heteroatoms. The van der Waals surface area contributed by atoms with E-state index in [1.165, 1.54) is 0 Å². The van der Waals surface area contributed by atoms with E-state index >= 15 is 0 Å². The molecule has 0 spiro atoms. The molecule has 5 N–H and O–H groups in total. The van der Waals surface area contributed by atoms with Gasteiger partial charge in [0, 0.05) is 0 Å². The van der Waals surface area contributed by atoms with Gasteiger partial charge in [-0.05, 0) is 16.7 Å². The zero-order valence-electron chi connectivity index (χ0n) is 17.2. The first-order valence-corrected chi connectivity index (χ1v) is 10.3. The van der Waals surface area contributed by atoms with E-state index in [0.717, 1.165) is 16.7 Å². The van der Waals surface area contributed by atoms with Crippen molar-refractivity contribution in [3.63, 3.8) is 0 Å². The van der Waals surface area contributed by atoms with Crippen LogP contribution >= 0.6 is 0 Å². The highest BCUT2D eigenvalue weighted by molar-refractivity contribution is 5.50. The number of aliphatic hydroxyl groups excluding tert-OH is 4. The van der Waals surface area contributed by atoms with Gasteiger partial charge in [0.15, 0.2) is 0 Å². The zero-order valence-corrected chi connectivity index (χ0v) is 17.2. The Bertz CT molecular complexity index is 878. The highest BCUT2D eigenvalue weighted by Crippen LogP contribution is 2.24. The molecule has 3 rings (SSSR count). The van der Waals surface area contributed by atoms with Crippen molar-refractivity contribution in [2.45, 2.75) is 30.4 Å². The molecule has 3 aromatic rings. The summed E-state index contributed by atoms with van der Waals surface area (Å²) < 4.78 is 0. The topological polar surface area (TPSA) is 93.0 Å². The maximum absolute atomic E-state index is 10.9. The fourth-order valence-corrected chi connectivity index (χ4v) is 3.46. The second-order valence-electron chi connectivity index (χ2n) is 7.45. The van der Waals surface area contributed by atoms with Crippen LogP contribution in [0, 0.1) is 0 Å². The zero-order chi connectivity index (χ0) is 22.1. The summed E-state index contributed by atoms with van der Waals surface area (Å²) in [5.41, 5.74) is 2.93. The number of benzene rings is 3. The molecule has 0 aromatic heterocycles. The Morgan fingerprint density at radius 2 is 1.16 bits per heavy atom. The van der Waals surface area contributed by atoms with Crippen LogP contribution in [0.2, 0.25) is 0 Å². The molecule has 0 bridgehead atoms. The van der Waals surface area contributed by atoms with Gasteiger partial charge in [-0.1, -0.05) is 103 Å². The lowest BCUT2D eigenvalue weighted by molar-refractivity contribution is -0.0827. The van der Waals surface area contributed by atoms with Crippen molar-refractivity contribution in [1.29, 1.82) is 0 Å². The van der Waals surface area contributed by atoms with Crippen molar-refractivity contribution in [1.82, 2.24) is 5.32 Å². The SMILES string of the molecule is OC[C@@H](O)[C@@H](O)[C@H](O)[C@@H](/C=C/c1ccccc1)NC(c1ccccc1)c1ccccc1. The summed E-state index contributed by atoms with van der Waals surface area (Å²) in [4.78, 5) is 0. The Labute approximate surface area is 183 Å². The molecule has 0 fully saturated rings. The van der Waals surface area contributed by atoms with Crippen LogP contribution in [0.1, 0.15) is 22.7 Å². The minimum Gasteiger partial charge on any atom is -0.394 e. The molecule has 0 heterocycles. The summed E-state index contributed by atoms with van der Waals surface area (Å²) in [7, 11) is 0. The number of aliphatic hydroxyl groups is 4. The Balaban J connectivity index is 1.94. The summed E-state index contributed by atoms with van der Waals surface area (Å²) in [6.45, 7) is -0.645. The van der Waals surface area contributed by atoms with E-state index in [4.69, 9.17) is 0 Å². The summed E-state index contributed by atoms with van der Waals surface area (Å²) in [5.74, 6) is 0. The summed E-state index contributed by atoms with van der Waals surface area (Å²) in [6.07, 6.45) is -0.693. The van der Waals surface area contributed by atoms with E-state index in [1.807, 2.05) is 97.1 Å². The van der Waals surface area contributed by atoms with Crippen LogP contribution in [0.25, 0.3) is 6.08 Å². The predicted octanol–water partition coefficient (Wildman–Crippen LogP) is 2.52. The van der Waals surface area contributed by atoms with Gasteiger partial charge in [-0.2, -0.15) is 0 Å².